The second-order valence-corrected chi connectivity index (χ2v) is 5.60. The van der Waals surface area contributed by atoms with Crippen molar-refractivity contribution >= 4 is 39.7 Å². The highest BCUT2D eigenvalue weighted by molar-refractivity contribution is 7.14. The minimum Gasteiger partial charge on any atom is -0.343 e. The Morgan fingerprint density at radius 1 is 1.57 bits per heavy atom. The number of rotatable bonds is 3. The molecule has 0 aromatic carbocycles. The quantitative estimate of drug-likeness (QED) is 0.728. The Kier molecular flexibility index (Phi) is 3.51. The third-order valence-electron chi connectivity index (χ3n) is 3.11. The van der Waals surface area contributed by atoms with E-state index in [-0.39, 0.29) is 5.56 Å². The minimum atomic E-state index is -0.294. The van der Waals surface area contributed by atoms with Crippen molar-refractivity contribution < 1.29 is 0 Å². The molecule has 3 N–H and O–H groups in total. The standard InChI is InChI=1S/C13H10ClN5OS/c1-16-8-9-11(13(20)18-6-17-9)19(4-3-15)10(8)12-7(14)2-5-21-12/h2,5-6H,3-4,15H2,(H,17,18,20). The van der Waals surface area contributed by atoms with Crippen molar-refractivity contribution in [2.24, 2.45) is 5.73 Å². The molecule has 3 heterocycles. The van der Waals surface area contributed by atoms with Crippen LogP contribution in [0, 0.1) is 6.57 Å². The van der Waals surface area contributed by atoms with Gasteiger partial charge in [0.1, 0.15) is 11.0 Å². The molecule has 0 amide bonds. The molecule has 0 radical (unpaired) electrons. The van der Waals surface area contributed by atoms with Gasteiger partial charge in [-0.25, -0.2) is 9.83 Å². The van der Waals surface area contributed by atoms with Crippen molar-refractivity contribution in [1.82, 2.24) is 14.5 Å². The smallest absolute Gasteiger partial charge is 0.273 e. The Morgan fingerprint density at radius 2 is 2.38 bits per heavy atom. The summed E-state index contributed by atoms with van der Waals surface area (Å²) in [6.45, 7) is 8.19. The maximum Gasteiger partial charge on any atom is 0.273 e. The number of hydrogen-bond donors (Lipinski definition) is 2. The molecule has 3 rings (SSSR count). The molecule has 0 aliphatic carbocycles. The molecular formula is C13H10ClN5OS. The van der Waals surface area contributed by atoms with E-state index in [0.29, 0.717) is 40.5 Å². The van der Waals surface area contributed by atoms with Gasteiger partial charge in [-0.1, -0.05) is 11.6 Å². The maximum atomic E-state index is 12.1. The predicted octanol–water partition coefficient (Wildman–Crippen LogP) is 2.62. The fraction of sp³-hybridized carbons (Fsp3) is 0.154. The van der Waals surface area contributed by atoms with Crippen molar-refractivity contribution in [3.05, 3.63) is 44.6 Å². The summed E-state index contributed by atoms with van der Waals surface area (Å²) in [5.41, 5.74) is 7.02. The number of H-pyrrole nitrogens is 1. The molecule has 8 heteroatoms. The van der Waals surface area contributed by atoms with E-state index in [1.165, 1.54) is 17.7 Å². The Balaban J connectivity index is 2.51. The van der Waals surface area contributed by atoms with Crippen molar-refractivity contribution in [2.75, 3.05) is 6.54 Å². The Morgan fingerprint density at radius 3 is 3.00 bits per heavy atom. The Bertz CT molecular complexity index is 917. The van der Waals surface area contributed by atoms with Crippen molar-refractivity contribution in [1.29, 1.82) is 0 Å². The molecule has 0 fully saturated rings. The van der Waals surface area contributed by atoms with Crippen LogP contribution in [0.1, 0.15) is 0 Å². The molecule has 0 saturated heterocycles. The number of thiophene rings is 1. The SMILES string of the molecule is [C-]#[N+]c1c(-c2sccc2Cl)n(CCN)c2c(=O)[nH]cnc12. The summed E-state index contributed by atoms with van der Waals surface area (Å²) in [7, 11) is 0. The van der Waals surface area contributed by atoms with Crippen molar-refractivity contribution in [3.63, 3.8) is 0 Å². The van der Waals surface area contributed by atoms with Gasteiger partial charge in [-0.2, -0.15) is 0 Å². The zero-order valence-corrected chi connectivity index (χ0v) is 12.3. The molecule has 0 bridgehead atoms. The molecule has 0 saturated carbocycles. The van der Waals surface area contributed by atoms with E-state index in [9.17, 15) is 4.79 Å². The molecule has 0 spiro atoms. The molecule has 0 aliphatic heterocycles. The molecule has 0 aliphatic rings. The molecule has 6 nitrogen and oxygen atoms in total. The predicted molar refractivity (Wildman–Crippen MR) is 84.0 cm³/mol. The van der Waals surface area contributed by atoms with E-state index >= 15 is 0 Å². The highest BCUT2D eigenvalue weighted by Crippen LogP contribution is 2.43. The number of halogens is 1. The summed E-state index contributed by atoms with van der Waals surface area (Å²) in [4.78, 5) is 23.1. The van der Waals surface area contributed by atoms with Crippen molar-refractivity contribution in [2.45, 2.75) is 6.54 Å². The van der Waals surface area contributed by atoms with Gasteiger partial charge in [-0.3, -0.25) is 4.79 Å². The van der Waals surface area contributed by atoms with Gasteiger partial charge in [-0.15, -0.1) is 11.3 Å². The van der Waals surface area contributed by atoms with E-state index < -0.39 is 0 Å². The second-order valence-electron chi connectivity index (χ2n) is 4.28. The number of nitrogens with two attached hydrogens (primary N) is 1. The van der Waals surface area contributed by atoms with Crippen LogP contribution in [0.2, 0.25) is 5.02 Å². The van der Waals surface area contributed by atoms with Crippen LogP contribution in [-0.2, 0) is 6.54 Å². The lowest BCUT2D eigenvalue weighted by Gasteiger charge is -2.08. The van der Waals surface area contributed by atoms with Crippen LogP contribution in [0.5, 0.6) is 0 Å². The van der Waals surface area contributed by atoms with Crippen LogP contribution < -0.4 is 11.3 Å². The van der Waals surface area contributed by atoms with Gasteiger partial charge in [0.15, 0.2) is 0 Å². The maximum absolute atomic E-state index is 12.1. The summed E-state index contributed by atoms with van der Waals surface area (Å²) >= 11 is 7.62. The van der Waals surface area contributed by atoms with Gasteiger partial charge < -0.3 is 15.3 Å². The van der Waals surface area contributed by atoms with Crippen LogP contribution in [0.3, 0.4) is 0 Å². The van der Waals surface area contributed by atoms with Gasteiger partial charge >= 0.3 is 0 Å². The number of nitrogens with one attached hydrogen (secondary N) is 1. The average molecular weight is 320 g/mol. The first kappa shape index (κ1) is 13.8. The molecule has 0 atom stereocenters. The third kappa shape index (κ3) is 2.05. The number of aromatic amines is 1. The van der Waals surface area contributed by atoms with E-state index in [4.69, 9.17) is 23.9 Å². The number of fused-ring (bicyclic) bond motifs is 1. The van der Waals surface area contributed by atoms with Gasteiger partial charge in [0.25, 0.3) is 5.56 Å². The summed E-state index contributed by atoms with van der Waals surface area (Å²) in [5.74, 6) is 0. The first-order valence-corrected chi connectivity index (χ1v) is 7.35. The van der Waals surface area contributed by atoms with Gasteiger partial charge in [0.2, 0.25) is 5.69 Å². The largest absolute Gasteiger partial charge is 0.343 e. The third-order valence-corrected chi connectivity index (χ3v) is 4.46. The average Bonchev–Trinajstić information content (AvgIpc) is 3.01. The summed E-state index contributed by atoms with van der Waals surface area (Å²) in [5, 5.41) is 2.38. The lowest BCUT2D eigenvalue weighted by molar-refractivity contribution is 0.739. The zero-order valence-electron chi connectivity index (χ0n) is 10.8. The lowest BCUT2D eigenvalue weighted by atomic mass is 10.3. The Labute approximate surface area is 128 Å². The summed E-state index contributed by atoms with van der Waals surface area (Å²) in [6, 6.07) is 1.76. The summed E-state index contributed by atoms with van der Waals surface area (Å²) < 4.78 is 1.73. The molecule has 106 valence electrons. The van der Waals surface area contributed by atoms with Crippen LogP contribution in [-0.4, -0.2) is 21.1 Å². The molecule has 3 aromatic rings. The number of aromatic nitrogens is 3. The minimum absolute atomic E-state index is 0.294. The first-order valence-electron chi connectivity index (χ1n) is 6.09. The Hall–Kier alpha value is -2.14. The number of nitrogens with zero attached hydrogens (tertiary/aromatic N) is 3. The first-order chi connectivity index (χ1) is 10.2. The van der Waals surface area contributed by atoms with E-state index in [0.717, 1.165) is 4.88 Å². The van der Waals surface area contributed by atoms with E-state index in [1.54, 1.807) is 10.6 Å². The molecular weight excluding hydrogens is 310 g/mol. The van der Waals surface area contributed by atoms with Gasteiger partial charge in [-0.05, 0) is 11.4 Å². The van der Waals surface area contributed by atoms with E-state index in [2.05, 4.69) is 14.8 Å². The van der Waals surface area contributed by atoms with Crippen LogP contribution in [0.25, 0.3) is 26.4 Å². The van der Waals surface area contributed by atoms with Gasteiger partial charge in [0.05, 0.1) is 28.5 Å². The highest BCUT2D eigenvalue weighted by atomic mass is 35.5. The lowest BCUT2D eigenvalue weighted by Crippen LogP contribution is -2.16. The monoisotopic (exact) mass is 319 g/mol. The van der Waals surface area contributed by atoms with E-state index in [1.807, 2.05) is 5.38 Å². The highest BCUT2D eigenvalue weighted by Gasteiger charge is 2.23. The zero-order chi connectivity index (χ0) is 15.0. The summed E-state index contributed by atoms with van der Waals surface area (Å²) in [6.07, 6.45) is 1.30. The molecule has 0 unspecified atom stereocenters. The molecule has 21 heavy (non-hydrogen) atoms. The fourth-order valence-corrected chi connectivity index (χ4v) is 3.52. The topological polar surface area (TPSA) is 81.1 Å². The van der Waals surface area contributed by atoms with Crippen molar-refractivity contribution in [3.8, 4) is 10.6 Å². The molecule has 3 aromatic heterocycles. The van der Waals surface area contributed by atoms with Crippen LogP contribution in [0.15, 0.2) is 22.6 Å². The van der Waals surface area contributed by atoms with Gasteiger partial charge in [0, 0.05) is 13.1 Å². The fourth-order valence-electron chi connectivity index (χ4n) is 2.32. The van der Waals surface area contributed by atoms with Crippen LogP contribution in [0.4, 0.5) is 5.69 Å². The second kappa shape index (κ2) is 5.33. The number of hydrogen-bond acceptors (Lipinski definition) is 4. The van der Waals surface area contributed by atoms with Crippen LogP contribution >= 0.6 is 22.9 Å². The normalized spacial score (nSPS) is 10.9.